The van der Waals surface area contributed by atoms with Crippen LogP contribution >= 0.6 is 11.3 Å². The number of thiazole rings is 1. The Bertz CT molecular complexity index is 1630. The Morgan fingerprint density at radius 3 is 2.52 bits per heavy atom. The molecular weight excluding hydrogens is 551 g/mol. The molecule has 42 heavy (non-hydrogen) atoms. The van der Waals surface area contributed by atoms with Crippen LogP contribution in [0.1, 0.15) is 44.8 Å². The Balaban J connectivity index is 1.07. The summed E-state index contributed by atoms with van der Waals surface area (Å²) in [5, 5.41) is 2.94. The van der Waals surface area contributed by atoms with Crippen molar-refractivity contribution in [2.24, 2.45) is 5.92 Å². The monoisotopic (exact) mass is 582 g/mol. The predicted octanol–water partition coefficient (Wildman–Crippen LogP) is 5.66. The van der Waals surface area contributed by atoms with Gasteiger partial charge in [-0.05, 0) is 49.1 Å². The van der Waals surface area contributed by atoms with Gasteiger partial charge < -0.3 is 9.80 Å². The van der Waals surface area contributed by atoms with E-state index in [1.54, 1.807) is 40.5 Å². The van der Waals surface area contributed by atoms with Gasteiger partial charge in [-0.3, -0.25) is 19.3 Å². The van der Waals surface area contributed by atoms with Crippen molar-refractivity contribution in [1.29, 1.82) is 0 Å². The van der Waals surface area contributed by atoms with Gasteiger partial charge in [-0.15, -0.1) is 11.3 Å². The molecule has 3 amide bonds. The maximum Gasteiger partial charge on any atom is 0.263 e. The zero-order valence-corrected chi connectivity index (χ0v) is 24.1. The number of aromatic nitrogens is 1. The summed E-state index contributed by atoms with van der Waals surface area (Å²) >= 11 is 1.58. The van der Waals surface area contributed by atoms with Crippen LogP contribution in [-0.4, -0.2) is 59.2 Å². The quantitative estimate of drug-likeness (QED) is 0.251. The Hall–Kier alpha value is -4.37. The van der Waals surface area contributed by atoms with Crippen LogP contribution in [0, 0.1) is 11.7 Å². The van der Waals surface area contributed by atoms with E-state index in [1.165, 1.54) is 17.0 Å². The molecule has 2 aliphatic heterocycles. The first kappa shape index (κ1) is 27.8. The second kappa shape index (κ2) is 11.9. The molecule has 0 spiro atoms. The van der Waals surface area contributed by atoms with Crippen LogP contribution < -0.4 is 4.90 Å². The topological polar surface area (TPSA) is 73.8 Å². The van der Waals surface area contributed by atoms with E-state index >= 15 is 0 Å². The largest absolute Gasteiger partial charge is 0.371 e. The smallest absolute Gasteiger partial charge is 0.263 e. The lowest BCUT2D eigenvalue weighted by Crippen LogP contribution is -2.41. The van der Waals surface area contributed by atoms with E-state index < -0.39 is 0 Å². The molecule has 7 nitrogen and oxygen atoms in total. The summed E-state index contributed by atoms with van der Waals surface area (Å²) in [6, 6.07) is 21.6. The highest BCUT2D eigenvalue weighted by atomic mass is 32.1. The first-order chi connectivity index (χ1) is 20.4. The highest BCUT2D eigenvalue weighted by Crippen LogP contribution is 2.34. The molecule has 2 aliphatic rings. The van der Waals surface area contributed by atoms with Gasteiger partial charge in [0, 0.05) is 43.5 Å². The molecule has 0 aliphatic carbocycles. The van der Waals surface area contributed by atoms with Crippen LogP contribution in [0.2, 0.25) is 0 Å². The van der Waals surface area contributed by atoms with Gasteiger partial charge in [-0.25, -0.2) is 9.37 Å². The number of rotatable bonds is 8. The van der Waals surface area contributed by atoms with E-state index in [2.05, 4.69) is 4.90 Å². The molecule has 1 fully saturated rings. The predicted molar refractivity (Wildman–Crippen MR) is 161 cm³/mol. The molecule has 3 aromatic carbocycles. The average Bonchev–Trinajstić information content (AvgIpc) is 3.58. The molecule has 214 valence electrons. The summed E-state index contributed by atoms with van der Waals surface area (Å²) in [5.41, 5.74) is 4.22. The lowest BCUT2D eigenvalue weighted by molar-refractivity contribution is -0.135. The number of amides is 3. The second-order valence-corrected chi connectivity index (χ2v) is 11.7. The Morgan fingerprint density at radius 1 is 1.00 bits per heavy atom. The van der Waals surface area contributed by atoms with Crippen LogP contribution in [0.15, 0.2) is 78.2 Å². The molecule has 4 aromatic rings. The zero-order valence-electron chi connectivity index (χ0n) is 23.3. The van der Waals surface area contributed by atoms with Crippen molar-refractivity contribution in [2.45, 2.75) is 25.8 Å². The second-order valence-electron chi connectivity index (χ2n) is 10.8. The SMILES string of the molecule is CN(Cc1csc(-c2ccccc2)n1)C(=O)C1CCN(c2cccc3c2C(=O)N(CCc2cccc(F)c2)C3=O)CC1. The summed E-state index contributed by atoms with van der Waals surface area (Å²) in [4.78, 5) is 49.7. The minimum atomic E-state index is -0.342. The summed E-state index contributed by atoms with van der Waals surface area (Å²) in [5.74, 6) is -1.01. The van der Waals surface area contributed by atoms with E-state index in [9.17, 15) is 18.8 Å². The van der Waals surface area contributed by atoms with Crippen molar-refractivity contribution in [3.63, 3.8) is 0 Å². The number of carbonyl (C=O) groups is 3. The maximum absolute atomic E-state index is 13.6. The molecule has 6 rings (SSSR count). The molecular formula is C33H31FN4O3S. The van der Waals surface area contributed by atoms with Crippen LogP contribution in [0.5, 0.6) is 0 Å². The van der Waals surface area contributed by atoms with Crippen molar-refractivity contribution < 1.29 is 18.8 Å². The Labute approximate surface area is 248 Å². The Morgan fingerprint density at radius 2 is 1.76 bits per heavy atom. The summed E-state index contributed by atoms with van der Waals surface area (Å²) in [6.07, 6.45) is 1.70. The lowest BCUT2D eigenvalue weighted by atomic mass is 9.94. The van der Waals surface area contributed by atoms with Gasteiger partial charge in [0.15, 0.2) is 0 Å². The number of anilines is 1. The summed E-state index contributed by atoms with van der Waals surface area (Å²) in [6.45, 7) is 1.86. The first-order valence-electron chi connectivity index (χ1n) is 14.1. The van der Waals surface area contributed by atoms with Crippen molar-refractivity contribution in [2.75, 3.05) is 31.6 Å². The van der Waals surface area contributed by atoms with E-state index in [-0.39, 0.29) is 36.0 Å². The number of benzene rings is 3. The number of hydrogen-bond donors (Lipinski definition) is 0. The van der Waals surface area contributed by atoms with Crippen molar-refractivity contribution >= 4 is 34.7 Å². The zero-order chi connectivity index (χ0) is 29.2. The molecule has 0 atom stereocenters. The average molecular weight is 583 g/mol. The van der Waals surface area contributed by atoms with Gasteiger partial charge in [-0.1, -0.05) is 48.5 Å². The lowest BCUT2D eigenvalue weighted by Gasteiger charge is -2.35. The normalized spacial score (nSPS) is 15.3. The van der Waals surface area contributed by atoms with Gasteiger partial charge in [0.25, 0.3) is 11.8 Å². The van der Waals surface area contributed by atoms with Crippen molar-refractivity contribution in [3.8, 4) is 10.6 Å². The molecule has 0 radical (unpaired) electrons. The molecule has 9 heteroatoms. The number of nitrogens with zero attached hydrogens (tertiary/aromatic N) is 4. The van der Waals surface area contributed by atoms with E-state index in [0.29, 0.717) is 50.0 Å². The number of fused-ring (bicyclic) bond motifs is 1. The van der Waals surface area contributed by atoms with Gasteiger partial charge >= 0.3 is 0 Å². The summed E-state index contributed by atoms with van der Waals surface area (Å²) < 4.78 is 13.6. The van der Waals surface area contributed by atoms with Crippen molar-refractivity contribution in [1.82, 2.24) is 14.8 Å². The van der Waals surface area contributed by atoms with Gasteiger partial charge in [0.05, 0.1) is 29.1 Å². The van der Waals surface area contributed by atoms with Gasteiger partial charge in [0.1, 0.15) is 10.8 Å². The minimum Gasteiger partial charge on any atom is -0.371 e. The van der Waals surface area contributed by atoms with Gasteiger partial charge in [0.2, 0.25) is 5.91 Å². The molecule has 1 aromatic heterocycles. The number of hydrogen-bond acceptors (Lipinski definition) is 6. The number of carbonyl (C=O) groups excluding carboxylic acids is 3. The number of halogens is 1. The number of imide groups is 1. The molecule has 3 heterocycles. The Kier molecular flexibility index (Phi) is 7.84. The van der Waals surface area contributed by atoms with E-state index in [0.717, 1.165) is 27.5 Å². The molecule has 0 saturated carbocycles. The van der Waals surface area contributed by atoms with E-state index in [1.807, 2.05) is 48.8 Å². The highest BCUT2D eigenvalue weighted by Gasteiger charge is 2.39. The standard InChI is InChI=1S/C33H31FN4O3S/c1-36(20-26-21-42-30(35-26)23-8-3-2-4-9-23)31(39)24-14-16-37(17-15-24)28-12-6-11-27-29(28)33(41)38(32(27)40)18-13-22-7-5-10-25(34)19-22/h2-12,19,21,24H,13-18,20H2,1H3. The summed E-state index contributed by atoms with van der Waals surface area (Å²) in [7, 11) is 1.82. The molecule has 0 unspecified atom stereocenters. The van der Waals surface area contributed by atoms with Gasteiger partial charge in [-0.2, -0.15) is 0 Å². The fraction of sp³-hybridized carbons (Fsp3) is 0.273. The molecule has 0 N–H and O–H groups in total. The van der Waals surface area contributed by atoms with Crippen molar-refractivity contribution in [3.05, 3.63) is 106 Å². The van der Waals surface area contributed by atoms with Crippen LogP contribution in [-0.2, 0) is 17.8 Å². The third-order valence-electron chi connectivity index (χ3n) is 8.02. The molecule has 0 bridgehead atoms. The van der Waals surface area contributed by atoms with Crippen LogP contribution in [0.3, 0.4) is 0 Å². The van der Waals surface area contributed by atoms with Crippen LogP contribution in [0.25, 0.3) is 10.6 Å². The van der Waals surface area contributed by atoms with E-state index in [4.69, 9.17) is 4.98 Å². The minimum absolute atomic E-state index is 0.0944. The first-order valence-corrected chi connectivity index (χ1v) is 15.0. The number of piperidine rings is 1. The highest BCUT2D eigenvalue weighted by molar-refractivity contribution is 7.13. The third kappa shape index (κ3) is 5.56. The fourth-order valence-electron chi connectivity index (χ4n) is 5.81. The fourth-order valence-corrected chi connectivity index (χ4v) is 6.63. The maximum atomic E-state index is 13.6. The molecule has 1 saturated heterocycles. The van der Waals surface area contributed by atoms with Crippen LogP contribution in [0.4, 0.5) is 10.1 Å². The third-order valence-corrected chi connectivity index (χ3v) is 8.96.